The quantitative estimate of drug-likeness (QED) is 0.798. The Hall–Kier alpha value is -1.59. The molecule has 0 saturated carbocycles. The average Bonchev–Trinajstić information content (AvgIpc) is 2.82. The standard InChI is InChI=1S/C18H23ClN2O2S/c1-7-21-11(2)15(18(3,4)5)24-17(21)20-16(22)13-10-12(19)8-9-14(13)23-6/h8-10H,7H2,1-6H3/b20-17-. The lowest BCUT2D eigenvalue weighted by atomic mass is 9.93. The summed E-state index contributed by atoms with van der Waals surface area (Å²) >= 11 is 7.58. The maximum Gasteiger partial charge on any atom is 0.283 e. The third-order valence-corrected chi connectivity index (χ3v) is 5.59. The lowest BCUT2D eigenvalue weighted by molar-refractivity contribution is 0.0995. The predicted molar refractivity (Wildman–Crippen MR) is 99.3 cm³/mol. The molecule has 0 N–H and O–H groups in total. The highest BCUT2D eigenvalue weighted by Crippen LogP contribution is 2.28. The molecule has 0 aliphatic heterocycles. The Labute approximate surface area is 151 Å². The number of nitrogens with zero attached hydrogens (tertiary/aromatic N) is 2. The Balaban J connectivity index is 2.60. The van der Waals surface area contributed by atoms with Crippen molar-refractivity contribution < 1.29 is 9.53 Å². The van der Waals surface area contributed by atoms with Gasteiger partial charge in [-0.05, 0) is 37.5 Å². The minimum absolute atomic E-state index is 0.0102. The van der Waals surface area contributed by atoms with E-state index >= 15 is 0 Å². The van der Waals surface area contributed by atoms with Gasteiger partial charge >= 0.3 is 0 Å². The number of benzene rings is 1. The third kappa shape index (κ3) is 3.73. The molecule has 0 aliphatic carbocycles. The molecule has 0 atom stereocenters. The first-order chi connectivity index (χ1) is 11.2. The lowest BCUT2D eigenvalue weighted by Gasteiger charge is -2.17. The number of methoxy groups -OCH3 is 1. The highest BCUT2D eigenvalue weighted by atomic mass is 35.5. The minimum Gasteiger partial charge on any atom is -0.496 e. The highest BCUT2D eigenvalue weighted by molar-refractivity contribution is 7.09. The van der Waals surface area contributed by atoms with Gasteiger partial charge in [0.15, 0.2) is 4.80 Å². The van der Waals surface area contributed by atoms with Crippen LogP contribution in [0, 0.1) is 6.92 Å². The van der Waals surface area contributed by atoms with Gasteiger partial charge in [-0.1, -0.05) is 32.4 Å². The molecule has 0 aliphatic rings. The first kappa shape index (κ1) is 18.7. The summed E-state index contributed by atoms with van der Waals surface area (Å²) < 4.78 is 7.33. The number of amides is 1. The zero-order valence-electron chi connectivity index (χ0n) is 14.9. The van der Waals surface area contributed by atoms with E-state index in [-0.39, 0.29) is 11.3 Å². The molecule has 24 heavy (non-hydrogen) atoms. The number of aromatic nitrogens is 1. The van der Waals surface area contributed by atoms with Crippen molar-refractivity contribution >= 4 is 28.8 Å². The zero-order chi connectivity index (χ0) is 18.1. The Bertz CT molecular complexity index is 829. The van der Waals surface area contributed by atoms with Crippen molar-refractivity contribution in [1.82, 2.24) is 4.57 Å². The van der Waals surface area contributed by atoms with Crippen molar-refractivity contribution in [3.05, 3.63) is 44.2 Å². The van der Waals surface area contributed by atoms with Gasteiger partial charge in [-0.3, -0.25) is 4.79 Å². The normalized spacial score (nSPS) is 12.5. The van der Waals surface area contributed by atoms with Crippen LogP contribution in [0.1, 0.15) is 48.6 Å². The Morgan fingerprint density at radius 3 is 2.58 bits per heavy atom. The fourth-order valence-electron chi connectivity index (χ4n) is 2.63. The van der Waals surface area contributed by atoms with Crippen LogP contribution >= 0.6 is 22.9 Å². The minimum atomic E-state index is -0.349. The summed E-state index contributed by atoms with van der Waals surface area (Å²) in [6, 6.07) is 4.96. The monoisotopic (exact) mass is 366 g/mol. The van der Waals surface area contributed by atoms with Gasteiger partial charge in [0.1, 0.15) is 5.75 Å². The topological polar surface area (TPSA) is 43.6 Å². The van der Waals surface area contributed by atoms with E-state index < -0.39 is 0 Å². The summed E-state index contributed by atoms with van der Waals surface area (Å²) in [7, 11) is 1.53. The first-order valence-corrected chi connectivity index (χ1v) is 9.01. The fraction of sp³-hybridized carbons (Fsp3) is 0.444. The van der Waals surface area contributed by atoms with Crippen LogP contribution in [0.3, 0.4) is 0 Å². The Morgan fingerprint density at radius 2 is 2.04 bits per heavy atom. The van der Waals surface area contributed by atoms with Crippen LogP contribution in [0.15, 0.2) is 23.2 Å². The van der Waals surface area contributed by atoms with Gasteiger partial charge < -0.3 is 9.30 Å². The molecule has 0 unspecified atom stereocenters. The summed E-state index contributed by atoms with van der Waals surface area (Å²) in [5.74, 6) is 0.124. The van der Waals surface area contributed by atoms with Crippen molar-refractivity contribution in [3.8, 4) is 5.75 Å². The molecule has 0 fully saturated rings. The Morgan fingerprint density at radius 1 is 1.38 bits per heavy atom. The SMILES string of the molecule is CCn1c(C)c(C(C)(C)C)s/c1=N\C(=O)c1cc(Cl)ccc1OC. The second-order valence-corrected chi connectivity index (χ2v) is 7.97. The summed E-state index contributed by atoms with van der Waals surface area (Å²) in [5, 5.41) is 0.482. The summed E-state index contributed by atoms with van der Waals surface area (Å²) in [4.78, 5) is 19.0. The summed E-state index contributed by atoms with van der Waals surface area (Å²) in [6.45, 7) is 11.4. The van der Waals surface area contributed by atoms with Gasteiger partial charge in [0.05, 0.1) is 12.7 Å². The van der Waals surface area contributed by atoms with Gasteiger partial charge in [-0.2, -0.15) is 4.99 Å². The largest absolute Gasteiger partial charge is 0.496 e. The third-order valence-electron chi connectivity index (χ3n) is 3.74. The summed E-state index contributed by atoms with van der Waals surface area (Å²) in [6.07, 6.45) is 0. The van der Waals surface area contributed by atoms with Gasteiger partial charge in [0.2, 0.25) is 0 Å². The number of rotatable bonds is 3. The van der Waals surface area contributed by atoms with E-state index in [1.54, 1.807) is 29.5 Å². The van der Waals surface area contributed by atoms with Crippen LogP contribution in [0.4, 0.5) is 0 Å². The van der Waals surface area contributed by atoms with Crippen LogP contribution in [-0.4, -0.2) is 17.6 Å². The number of carbonyl (C=O) groups is 1. The van der Waals surface area contributed by atoms with Gasteiger partial charge in [-0.15, -0.1) is 11.3 Å². The van der Waals surface area contributed by atoms with Crippen molar-refractivity contribution in [2.45, 2.75) is 46.6 Å². The van der Waals surface area contributed by atoms with E-state index in [0.717, 1.165) is 12.2 Å². The highest BCUT2D eigenvalue weighted by Gasteiger charge is 2.22. The molecule has 4 nitrogen and oxygen atoms in total. The van der Waals surface area contributed by atoms with E-state index in [4.69, 9.17) is 16.3 Å². The molecule has 1 aromatic carbocycles. The van der Waals surface area contributed by atoms with Gasteiger partial charge in [0, 0.05) is 22.1 Å². The van der Waals surface area contributed by atoms with Crippen LogP contribution in [-0.2, 0) is 12.0 Å². The molecular weight excluding hydrogens is 344 g/mol. The number of hydrogen-bond donors (Lipinski definition) is 0. The molecule has 1 aromatic heterocycles. The molecule has 0 radical (unpaired) electrons. The van der Waals surface area contributed by atoms with E-state index in [1.807, 2.05) is 0 Å². The number of thiazole rings is 1. The molecule has 0 spiro atoms. The molecule has 2 aromatic rings. The molecular formula is C18H23ClN2O2S. The second kappa shape index (κ2) is 7.11. The molecule has 130 valence electrons. The smallest absolute Gasteiger partial charge is 0.283 e. The number of hydrogen-bond acceptors (Lipinski definition) is 3. The van der Waals surface area contributed by atoms with Crippen molar-refractivity contribution in [2.75, 3.05) is 7.11 Å². The van der Waals surface area contributed by atoms with E-state index in [2.05, 4.69) is 44.2 Å². The van der Waals surface area contributed by atoms with Gasteiger partial charge in [0.25, 0.3) is 5.91 Å². The number of ether oxygens (including phenoxy) is 1. The predicted octanol–water partition coefficient (Wildman–Crippen LogP) is 4.58. The molecule has 0 bridgehead atoms. The molecule has 1 amide bonds. The Kier molecular flexibility index (Phi) is 5.56. The molecule has 6 heteroatoms. The second-order valence-electron chi connectivity index (χ2n) is 6.55. The van der Waals surface area contributed by atoms with Crippen LogP contribution in [0.2, 0.25) is 5.02 Å². The van der Waals surface area contributed by atoms with Gasteiger partial charge in [-0.25, -0.2) is 0 Å². The molecule has 2 rings (SSSR count). The van der Waals surface area contributed by atoms with Crippen LogP contribution < -0.4 is 9.54 Å². The van der Waals surface area contributed by atoms with Crippen molar-refractivity contribution in [3.63, 3.8) is 0 Å². The number of carbonyl (C=O) groups excluding carboxylic acids is 1. The molecule has 0 saturated heterocycles. The van der Waals surface area contributed by atoms with E-state index in [9.17, 15) is 4.79 Å². The lowest BCUT2D eigenvalue weighted by Crippen LogP contribution is -2.18. The van der Waals surface area contributed by atoms with E-state index in [1.165, 1.54) is 12.0 Å². The maximum atomic E-state index is 12.7. The number of halogens is 1. The average molecular weight is 367 g/mol. The zero-order valence-corrected chi connectivity index (χ0v) is 16.5. The summed E-state index contributed by atoms with van der Waals surface area (Å²) in [5.41, 5.74) is 1.53. The van der Waals surface area contributed by atoms with Crippen molar-refractivity contribution in [2.24, 2.45) is 4.99 Å². The first-order valence-electron chi connectivity index (χ1n) is 7.82. The van der Waals surface area contributed by atoms with Crippen LogP contribution in [0.5, 0.6) is 5.75 Å². The van der Waals surface area contributed by atoms with E-state index in [0.29, 0.717) is 21.1 Å². The van der Waals surface area contributed by atoms with Crippen molar-refractivity contribution in [1.29, 1.82) is 0 Å². The molecule has 1 heterocycles. The fourth-order valence-corrected chi connectivity index (χ4v) is 4.06. The van der Waals surface area contributed by atoms with Crippen LogP contribution in [0.25, 0.3) is 0 Å². The maximum absolute atomic E-state index is 12.7.